The highest BCUT2D eigenvalue weighted by molar-refractivity contribution is 5.49. The molecular weight excluding hydrogens is 222 g/mol. The number of hydrogen-bond donors (Lipinski definition) is 1. The molecule has 1 aromatic carbocycles. The predicted molar refractivity (Wildman–Crippen MR) is 74.0 cm³/mol. The molecule has 3 nitrogen and oxygen atoms in total. The summed E-state index contributed by atoms with van der Waals surface area (Å²) in [4.78, 5) is 0. The van der Waals surface area contributed by atoms with Crippen LogP contribution in [0.5, 0.6) is 0 Å². The highest BCUT2D eigenvalue weighted by atomic mass is 15.3. The first-order valence-electron chi connectivity index (χ1n) is 6.75. The van der Waals surface area contributed by atoms with Gasteiger partial charge in [-0.2, -0.15) is 5.10 Å². The number of rotatable bonds is 3. The van der Waals surface area contributed by atoms with Gasteiger partial charge in [-0.1, -0.05) is 25.5 Å². The van der Waals surface area contributed by atoms with Crippen LogP contribution in [0.3, 0.4) is 0 Å². The van der Waals surface area contributed by atoms with Crippen LogP contribution in [0.2, 0.25) is 0 Å². The Labute approximate surface area is 108 Å². The first-order chi connectivity index (χ1) is 8.79. The van der Waals surface area contributed by atoms with E-state index in [9.17, 15) is 0 Å². The molecule has 0 unspecified atom stereocenters. The van der Waals surface area contributed by atoms with Crippen LogP contribution in [-0.2, 0) is 19.3 Å². The Morgan fingerprint density at radius 1 is 1.22 bits per heavy atom. The summed E-state index contributed by atoms with van der Waals surface area (Å²) in [7, 11) is 0. The molecule has 0 atom stereocenters. The van der Waals surface area contributed by atoms with Gasteiger partial charge in [-0.3, -0.25) is 0 Å². The van der Waals surface area contributed by atoms with Gasteiger partial charge in [0.25, 0.3) is 0 Å². The van der Waals surface area contributed by atoms with Gasteiger partial charge in [0.05, 0.1) is 5.69 Å². The lowest BCUT2D eigenvalue weighted by Gasteiger charge is -2.06. The first-order valence-corrected chi connectivity index (χ1v) is 6.75. The molecule has 0 saturated carbocycles. The molecule has 1 aromatic heterocycles. The molecule has 0 radical (unpaired) electrons. The van der Waals surface area contributed by atoms with E-state index >= 15 is 0 Å². The largest absolute Gasteiger partial charge is 0.382 e. The molecule has 1 aliphatic carbocycles. The van der Waals surface area contributed by atoms with Crippen molar-refractivity contribution in [2.24, 2.45) is 0 Å². The molecule has 0 bridgehead atoms. The number of benzene rings is 1. The number of hydrogen-bond acceptors (Lipinski definition) is 2. The van der Waals surface area contributed by atoms with E-state index in [1.807, 2.05) is 4.68 Å². The number of nitrogens with zero attached hydrogens (tertiary/aromatic N) is 2. The molecule has 0 fully saturated rings. The van der Waals surface area contributed by atoms with E-state index in [-0.39, 0.29) is 0 Å². The predicted octanol–water partition coefficient (Wildman–Crippen LogP) is 2.90. The average Bonchev–Trinajstić information content (AvgIpc) is 2.96. The molecule has 18 heavy (non-hydrogen) atoms. The van der Waals surface area contributed by atoms with Gasteiger partial charge in [0, 0.05) is 11.3 Å². The third-order valence-electron chi connectivity index (χ3n) is 3.68. The van der Waals surface area contributed by atoms with Crippen LogP contribution in [-0.4, -0.2) is 9.78 Å². The van der Waals surface area contributed by atoms with Crippen molar-refractivity contribution in [3.05, 3.63) is 41.1 Å². The third-order valence-corrected chi connectivity index (χ3v) is 3.68. The van der Waals surface area contributed by atoms with E-state index in [2.05, 4.69) is 36.3 Å². The maximum absolute atomic E-state index is 5.98. The zero-order chi connectivity index (χ0) is 12.5. The Morgan fingerprint density at radius 2 is 2.00 bits per heavy atom. The quantitative estimate of drug-likeness (QED) is 0.898. The van der Waals surface area contributed by atoms with E-state index in [4.69, 9.17) is 5.73 Å². The lowest BCUT2D eigenvalue weighted by atomic mass is 10.1. The summed E-state index contributed by atoms with van der Waals surface area (Å²) in [5.41, 5.74) is 11.1. The van der Waals surface area contributed by atoms with Crippen molar-refractivity contribution in [3.63, 3.8) is 0 Å². The van der Waals surface area contributed by atoms with Crippen molar-refractivity contribution in [2.45, 2.75) is 39.0 Å². The number of fused-ring (bicyclic) bond motifs is 1. The van der Waals surface area contributed by atoms with Gasteiger partial charge in [-0.15, -0.1) is 0 Å². The summed E-state index contributed by atoms with van der Waals surface area (Å²) in [6, 6.07) is 8.68. The fourth-order valence-electron chi connectivity index (χ4n) is 2.77. The van der Waals surface area contributed by atoms with Gasteiger partial charge in [0.2, 0.25) is 0 Å². The van der Waals surface area contributed by atoms with Crippen molar-refractivity contribution in [1.29, 1.82) is 0 Å². The van der Waals surface area contributed by atoms with Gasteiger partial charge in [0.1, 0.15) is 5.82 Å². The maximum atomic E-state index is 5.98. The molecule has 2 N–H and O–H groups in total. The van der Waals surface area contributed by atoms with Gasteiger partial charge in [-0.25, -0.2) is 4.68 Å². The van der Waals surface area contributed by atoms with Crippen LogP contribution >= 0.6 is 0 Å². The normalized spacial score (nSPS) is 13.8. The Hall–Kier alpha value is -1.77. The molecule has 94 valence electrons. The van der Waals surface area contributed by atoms with Crippen molar-refractivity contribution in [1.82, 2.24) is 9.78 Å². The van der Waals surface area contributed by atoms with E-state index in [0.29, 0.717) is 5.82 Å². The van der Waals surface area contributed by atoms with E-state index in [1.165, 1.54) is 29.7 Å². The molecule has 0 aliphatic heterocycles. The summed E-state index contributed by atoms with van der Waals surface area (Å²) < 4.78 is 2.02. The molecular formula is C15H19N3. The highest BCUT2D eigenvalue weighted by Gasteiger charge is 2.21. The van der Waals surface area contributed by atoms with Crippen LogP contribution in [0.25, 0.3) is 5.69 Å². The molecule has 3 rings (SSSR count). The van der Waals surface area contributed by atoms with E-state index in [1.54, 1.807) is 0 Å². The Kier molecular flexibility index (Phi) is 2.82. The zero-order valence-electron chi connectivity index (χ0n) is 10.8. The van der Waals surface area contributed by atoms with Gasteiger partial charge < -0.3 is 5.73 Å². The van der Waals surface area contributed by atoms with Crippen LogP contribution in [0.1, 0.15) is 36.6 Å². The molecule has 1 heterocycles. The minimum absolute atomic E-state index is 0.708. The minimum Gasteiger partial charge on any atom is -0.382 e. The highest BCUT2D eigenvalue weighted by Crippen LogP contribution is 2.29. The summed E-state index contributed by atoms with van der Waals surface area (Å²) in [5.74, 6) is 0.708. The van der Waals surface area contributed by atoms with Crippen molar-refractivity contribution >= 4 is 5.82 Å². The fraction of sp³-hybridized carbons (Fsp3) is 0.400. The number of nitrogens with two attached hydrogens (primary N) is 1. The zero-order valence-corrected chi connectivity index (χ0v) is 10.8. The van der Waals surface area contributed by atoms with Crippen LogP contribution in [0.4, 0.5) is 5.82 Å². The maximum Gasteiger partial charge on any atom is 0.149 e. The summed E-state index contributed by atoms with van der Waals surface area (Å²) in [6.07, 6.45) is 5.69. The fourth-order valence-corrected chi connectivity index (χ4v) is 2.77. The second-order valence-corrected chi connectivity index (χ2v) is 4.99. The van der Waals surface area contributed by atoms with E-state index < -0.39 is 0 Å². The Balaban J connectivity index is 1.97. The van der Waals surface area contributed by atoms with Crippen LogP contribution in [0.15, 0.2) is 24.3 Å². The Morgan fingerprint density at radius 3 is 2.72 bits per heavy atom. The van der Waals surface area contributed by atoms with E-state index in [0.717, 1.165) is 24.9 Å². The number of nitrogen functional groups attached to an aromatic ring is 1. The molecule has 1 aliphatic rings. The van der Waals surface area contributed by atoms with Crippen molar-refractivity contribution < 1.29 is 0 Å². The molecule has 3 heteroatoms. The van der Waals surface area contributed by atoms with Crippen LogP contribution < -0.4 is 5.73 Å². The topological polar surface area (TPSA) is 43.8 Å². The average molecular weight is 241 g/mol. The van der Waals surface area contributed by atoms with Gasteiger partial charge >= 0.3 is 0 Å². The molecule has 0 amide bonds. The minimum atomic E-state index is 0.708. The second-order valence-electron chi connectivity index (χ2n) is 4.99. The number of anilines is 1. The summed E-state index contributed by atoms with van der Waals surface area (Å²) in [5, 5.41) is 4.47. The summed E-state index contributed by atoms with van der Waals surface area (Å²) >= 11 is 0. The molecule has 0 saturated heterocycles. The SMILES string of the molecule is CCCc1ccc(-n2nc(N)c3c2CCC3)cc1. The van der Waals surface area contributed by atoms with Crippen LogP contribution in [0, 0.1) is 0 Å². The van der Waals surface area contributed by atoms with Crippen molar-refractivity contribution in [2.75, 3.05) is 5.73 Å². The lowest BCUT2D eigenvalue weighted by Crippen LogP contribution is -2.01. The second kappa shape index (κ2) is 4.48. The lowest BCUT2D eigenvalue weighted by molar-refractivity contribution is 0.787. The van der Waals surface area contributed by atoms with Crippen molar-refractivity contribution in [3.8, 4) is 5.69 Å². The third kappa shape index (κ3) is 1.80. The molecule has 0 spiro atoms. The summed E-state index contributed by atoms with van der Waals surface area (Å²) in [6.45, 7) is 2.20. The number of aromatic nitrogens is 2. The first kappa shape index (κ1) is 11.3. The van der Waals surface area contributed by atoms with Gasteiger partial charge in [-0.05, 0) is 43.4 Å². The Bertz CT molecular complexity index is 552. The standard InChI is InChI=1S/C15H19N3/c1-2-4-11-7-9-12(10-8-11)18-14-6-3-5-13(14)15(16)17-18/h7-10H,2-6H2,1H3,(H2,16,17). The van der Waals surface area contributed by atoms with Gasteiger partial charge in [0.15, 0.2) is 0 Å². The number of aryl methyl sites for hydroxylation is 1. The molecule has 2 aromatic rings. The monoisotopic (exact) mass is 241 g/mol. The smallest absolute Gasteiger partial charge is 0.149 e.